The lowest BCUT2D eigenvalue weighted by Gasteiger charge is -2.32. The van der Waals surface area contributed by atoms with Crippen LogP contribution in [0.2, 0.25) is 0 Å². The highest BCUT2D eigenvalue weighted by Crippen LogP contribution is 2.23. The quantitative estimate of drug-likeness (QED) is 0.454. The van der Waals surface area contributed by atoms with E-state index >= 15 is 0 Å². The Morgan fingerprint density at radius 1 is 0.829 bits per heavy atom. The number of aryl methyl sites for hydroxylation is 1. The minimum atomic E-state index is -0.816. The number of carboxylic acid groups (broad SMARTS) is 1. The number of piperidine rings is 1. The molecule has 1 N–H and O–H groups in total. The smallest absolute Gasteiger partial charge is 0.303 e. The van der Waals surface area contributed by atoms with Gasteiger partial charge in [-0.25, -0.2) is 0 Å². The second-order valence-corrected chi connectivity index (χ2v) is 8.83. The monoisotopic (exact) mass is 473 g/mol. The van der Waals surface area contributed by atoms with E-state index in [9.17, 15) is 9.59 Å². The van der Waals surface area contributed by atoms with Crippen molar-refractivity contribution in [2.75, 3.05) is 13.1 Å². The van der Waals surface area contributed by atoms with E-state index in [2.05, 4.69) is 0 Å². The number of hydrogen-bond acceptors (Lipinski definition) is 4. The number of aliphatic carboxylic acids is 1. The fourth-order valence-electron chi connectivity index (χ4n) is 4.20. The average Bonchev–Trinajstić information content (AvgIpc) is 2.88. The Kier molecular flexibility index (Phi) is 8.39. The fraction of sp³-hybridized carbons (Fsp3) is 0.310. The summed E-state index contributed by atoms with van der Waals surface area (Å²) in [5.41, 5.74) is 2.99. The molecule has 0 atom stereocenters. The fourth-order valence-corrected chi connectivity index (χ4v) is 4.20. The molecule has 1 aliphatic rings. The van der Waals surface area contributed by atoms with E-state index in [4.69, 9.17) is 14.6 Å². The average molecular weight is 474 g/mol. The maximum absolute atomic E-state index is 12.8. The number of benzene rings is 3. The number of likely N-dealkylation sites (tertiary alicyclic amines) is 1. The Morgan fingerprint density at radius 2 is 1.49 bits per heavy atom. The van der Waals surface area contributed by atoms with Gasteiger partial charge in [-0.1, -0.05) is 54.6 Å². The molecule has 0 unspecified atom stereocenters. The Hall–Kier alpha value is -3.80. The molecular weight excluding hydrogens is 442 g/mol. The van der Waals surface area contributed by atoms with Crippen molar-refractivity contribution < 1.29 is 24.2 Å². The summed E-state index contributed by atoms with van der Waals surface area (Å²) in [4.78, 5) is 25.5. The van der Waals surface area contributed by atoms with Crippen LogP contribution in [0.4, 0.5) is 0 Å². The third-order valence-corrected chi connectivity index (χ3v) is 6.14. The third-order valence-electron chi connectivity index (χ3n) is 6.14. The molecule has 0 spiro atoms. The Balaban J connectivity index is 1.20. The van der Waals surface area contributed by atoms with Gasteiger partial charge < -0.3 is 19.5 Å². The molecule has 3 aromatic carbocycles. The molecule has 182 valence electrons. The minimum Gasteiger partial charge on any atom is -0.490 e. The number of amides is 1. The van der Waals surface area contributed by atoms with Crippen molar-refractivity contribution in [2.24, 2.45) is 0 Å². The predicted octanol–water partition coefficient (Wildman–Crippen LogP) is 4.90. The summed E-state index contributed by atoms with van der Waals surface area (Å²) in [5, 5.41) is 8.87. The van der Waals surface area contributed by atoms with Crippen LogP contribution < -0.4 is 9.47 Å². The molecular formula is C29H31NO5. The van der Waals surface area contributed by atoms with Gasteiger partial charge in [-0.3, -0.25) is 9.59 Å². The second kappa shape index (κ2) is 12.1. The summed E-state index contributed by atoms with van der Waals surface area (Å²) < 4.78 is 12.0. The van der Waals surface area contributed by atoms with Crippen molar-refractivity contribution in [1.29, 1.82) is 0 Å². The molecule has 35 heavy (non-hydrogen) atoms. The van der Waals surface area contributed by atoms with Crippen LogP contribution in [-0.4, -0.2) is 41.1 Å². The maximum atomic E-state index is 12.8. The van der Waals surface area contributed by atoms with E-state index in [1.54, 1.807) is 0 Å². The molecule has 0 saturated carbocycles. The van der Waals surface area contributed by atoms with Gasteiger partial charge in [-0.15, -0.1) is 0 Å². The highest BCUT2D eigenvalue weighted by Gasteiger charge is 2.24. The van der Waals surface area contributed by atoms with Crippen molar-refractivity contribution in [1.82, 2.24) is 4.90 Å². The number of rotatable bonds is 10. The SMILES string of the molecule is O=C(O)CCc1cccc(CC(=O)N2CCC(Oc3ccc(OCc4ccccc4)cc3)CC2)c1. The van der Waals surface area contributed by atoms with Crippen molar-refractivity contribution in [2.45, 2.75) is 44.8 Å². The molecule has 4 rings (SSSR count). The van der Waals surface area contributed by atoms with Gasteiger partial charge >= 0.3 is 5.97 Å². The zero-order valence-electron chi connectivity index (χ0n) is 19.8. The van der Waals surface area contributed by atoms with E-state index in [0.29, 0.717) is 32.5 Å². The van der Waals surface area contributed by atoms with Gasteiger partial charge in [0.2, 0.25) is 5.91 Å². The van der Waals surface area contributed by atoms with Gasteiger partial charge in [0.25, 0.3) is 0 Å². The first kappa shape index (κ1) is 24.3. The summed E-state index contributed by atoms with van der Waals surface area (Å²) in [6, 6.07) is 25.4. The normalized spacial score (nSPS) is 13.9. The lowest BCUT2D eigenvalue weighted by molar-refractivity contribution is -0.137. The van der Waals surface area contributed by atoms with E-state index < -0.39 is 5.97 Å². The number of nitrogens with zero attached hydrogens (tertiary/aromatic N) is 1. The predicted molar refractivity (Wildman–Crippen MR) is 134 cm³/mol. The van der Waals surface area contributed by atoms with Gasteiger partial charge in [0, 0.05) is 32.4 Å². The van der Waals surface area contributed by atoms with Crippen LogP contribution in [-0.2, 0) is 29.0 Å². The molecule has 1 amide bonds. The van der Waals surface area contributed by atoms with E-state index in [1.165, 1.54) is 0 Å². The molecule has 0 aromatic heterocycles. The van der Waals surface area contributed by atoms with Crippen molar-refractivity contribution in [3.63, 3.8) is 0 Å². The number of ether oxygens (including phenoxy) is 2. The van der Waals surface area contributed by atoms with Gasteiger partial charge in [0.15, 0.2) is 0 Å². The highest BCUT2D eigenvalue weighted by atomic mass is 16.5. The number of carboxylic acids is 1. The Morgan fingerprint density at radius 3 is 2.20 bits per heavy atom. The number of carbonyl (C=O) groups excluding carboxylic acids is 1. The topological polar surface area (TPSA) is 76.1 Å². The summed E-state index contributed by atoms with van der Waals surface area (Å²) >= 11 is 0. The minimum absolute atomic E-state index is 0.0782. The molecule has 0 aliphatic carbocycles. The van der Waals surface area contributed by atoms with Crippen molar-refractivity contribution in [3.05, 3.63) is 95.6 Å². The Bertz CT molecular complexity index is 1110. The van der Waals surface area contributed by atoms with Crippen LogP contribution in [0, 0.1) is 0 Å². The maximum Gasteiger partial charge on any atom is 0.303 e. The van der Waals surface area contributed by atoms with Gasteiger partial charge in [-0.2, -0.15) is 0 Å². The number of carbonyl (C=O) groups is 2. The van der Waals surface area contributed by atoms with Crippen molar-refractivity contribution in [3.8, 4) is 11.5 Å². The van der Waals surface area contributed by atoms with Crippen LogP contribution in [0.15, 0.2) is 78.9 Å². The zero-order valence-corrected chi connectivity index (χ0v) is 19.8. The molecule has 6 heteroatoms. The Labute approximate surface area is 206 Å². The van der Waals surface area contributed by atoms with Gasteiger partial charge in [0.05, 0.1) is 6.42 Å². The van der Waals surface area contributed by atoms with Gasteiger partial charge in [0.1, 0.15) is 24.2 Å². The summed E-state index contributed by atoms with van der Waals surface area (Å²) in [5.74, 6) is 0.885. The third kappa shape index (κ3) is 7.60. The molecule has 1 aliphatic heterocycles. The van der Waals surface area contributed by atoms with Crippen LogP contribution in [0.25, 0.3) is 0 Å². The van der Waals surface area contributed by atoms with Crippen molar-refractivity contribution >= 4 is 11.9 Å². The first-order chi connectivity index (χ1) is 17.0. The first-order valence-corrected chi connectivity index (χ1v) is 12.1. The molecule has 6 nitrogen and oxygen atoms in total. The largest absolute Gasteiger partial charge is 0.490 e. The van der Waals surface area contributed by atoms with Crippen LogP contribution in [0.3, 0.4) is 0 Å². The zero-order chi connectivity index (χ0) is 24.5. The van der Waals surface area contributed by atoms with Crippen LogP contribution in [0.1, 0.15) is 36.0 Å². The van der Waals surface area contributed by atoms with E-state index in [0.717, 1.165) is 41.0 Å². The summed E-state index contributed by atoms with van der Waals surface area (Å²) in [6.45, 7) is 1.86. The summed E-state index contributed by atoms with van der Waals surface area (Å²) in [7, 11) is 0. The van der Waals surface area contributed by atoms with E-state index in [-0.39, 0.29) is 18.4 Å². The first-order valence-electron chi connectivity index (χ1n) is 12.1. The standard InChI is InChI=1S/C29H31NO5/c31-28(20-24-8-4-7-22(19-24)9-14-29(32)33)30-17-15-27(16-18-30)35-26-12-10-25(11-13-26)34-21-23-5-2-1-3-6-23/h1-8,10-13,19,27H,9,14-18,20-21H2,(H,32,33). The molecule has 0 bridgehead atoms. The molecule has 0 radical (unpaired) electrons. The lowest BCUT2D eigenvalue weighted by atomic mass is 10.0. The summed E-state index contributed by atoms with van der Waals surface area (Å²) in [6.07, 6.45) is 2.55. The lowest BCUT2D eigenvalue weighted by Crippen LogP contribution is -2.42. The van der Waals surface area contributed by atoms with Crippen LogP contribution in [0.5, 0.6) is 11.5 Å². The molecule has 3 aromatic rings. The molecule has 1 fully saturated rings. The number of hydrogen-bond donors (Lipinski definition) is 1. The highest BCUT2D eigenvalue weighted by molar-refractivity contribution is 5.79. The van der Waals surface area contributed by atoms with Gasteiger partial charge in [-0.05, 0) is 47.4 Å². The van der Waals surface area contributed by atoms with E-state index in [1.807, 2.05) is 83.8 Å². The molecule has 1 heterocycles. The molecule has 1 saturated heterocycles. The second-order valence-electron chi connectivity index (χ2n) is 8.83. The van der Waals surface area contributed by atoms with Crippen LogP contribution >= 0.6 is 0 Å².